The zero-order chi connectivity index (χ0) is 21.4. The van der Waals surface area contributed by atoms with Gasteiger partial charge in [-0.15, -0.1) is 0 Å². The number of hydrogen-bond acceptors (Lipinski definition) is 8. The molecule has 0 heterocycles. The van der Waals surface area contributed by atoms with Gasteiger partial charge in [-0.05, 0) is 47.5 Å². The number of esters is 2. The van der Waals surface area contributed by atoms with Crippen LogP contribution in [0.3, 0.4) is 0 Å². The van der Waals surface area contributed by atoms with Crippen LogP contribution in [-0.2, 0) is 28.5 Å². The van der Waals surface area contributed by atoms with Crippen LogP contribution in [0.2, 0.25) is 0 Å². The Hall–Kier alpha value is -2.32. The summed E-state index contributed by atoms with van der Waals surface area (Å²) >= 11 is 0. The van der Waals surface area contributed by atoms with Crippen LogP contribution in [-0.4, -0.2) is 48.0 Å². The van der Waals surface area contributed by atoms with E-state index in [2.05, 4.69) is 10.1 Å². The first-order valence-electron chi connectivity index (χ1n) is 8.69. The third-order valence-corrected chi connectivity index (χ3v) is 2.48. The summed E-state index contributed by atoms with van der Waals surface area (Å²) in [6.07, 6.45) is -2.69. The third-order valence-electron chi connectivity index (χ3n) is 2.48. The van der Waals surface area contributed by atoms with E-state index in [1.807, 2.05) is 13.8 Å². The van der Waals surface area contributed by atoms with E-state index < -0.39 is 47.9 Å². The predicted molar refractivity (Wildman–Crippen MR) is 95.9 cm³/mol. The second-order valence-corrected chi connectivity index (χ2v) is 8.37. The Balaban J connectivity index is 5.04. The molecule has 0 aliphatic heterocycles. The lowest BCUT2D eigenvalue weighted by Gasteiger charge is -2.24. The predicted octanol–water partition coefficient (Wildman–Crippen LogP) is 2.95. The van der Waals surface area contributed by atoms with Crippen molar-refractivity contribution in [3.63, 3.8) is 0 Å². The van der Waals surface area contributed by atoms with Gasteiger partial charge in [-0.1, -0.05) is 13.8 Å². The van der Waals surface area contributed by atoms with Crippen molar-refractivity contribution in [2.24, 2.45) is 5.92 Å². The monoisotopic (exact) mass is 389 g/mol. The molecule has 0 rings (SSSR count). The maximum Gasteiger partial charge on any atom is 0.516 e. The minimum absolute atomic E-state index is 0.0464. The van der Waals surface area contributed by atoms with Crippen molar-refractivity contribution < 1.29 is 38.1 Å². The van der Waals surface area contributed by atoms with Crippen LogP contribution in [0.1, 0.15) is 61.8 Å². The molecule has 1 N–H and O–H groups in total. The van der Waals surface area contributed by atoms with Gasteiger partial charge in [0, 0.05) is 0 Å². The number of carbonyl (C=O) groups excluding carboxylic acids is 4. The van der Waals surface area contributed by atoms with Crippen LogP contribution < -0.4 is 5.32 Å². The smallest absolute Gasteiger partial charge is 0.460 e. The molecular weight excluding hydrogens is 358 g/mol. The molecule has 1 amide bonds. The van der Waals surface area contributed by atoms with Crippen LogP contribution in [0.4, 0.5) is 9.59 Å². The molecule has 0 fully saturated rings. The fourth-order valence-corrected chi connectivity index (χ4v) is 1.61. The molecule has 0 saturated heterocycles. The van der Waals surface area contributed by atoms with Gasteiger partial charge in [-0.3, -0.25) is 4.79 Å². The fourth-order valence-electron chi connectivity index (χ4n) is 1.61. The Kier molecular flexibility index (Phi) is 9.26. The van der Waals surface area contributed by atoms with Crippen molar-refractivity contribution in [1.29, 1.82) is 0 Å². The van der Waals surface area contributed by atoms with E-state index in [1.165, 1.54) is 0 Å². The molecule has 0 aromatic carbocycles. The molecule has 0 radical (unpaired) electrons. The van der Waals surface area contributed by atoms with Crippen LogP contribution in [0.15, 0.2) is 0 Å². The summed E-state index contributed by atoms with van der Waals surface area (Å²) in [7, 11) is 0. The Morgan fingerprint density at radius 2 is 1.41 bits per heavy atom. The molecular formula is C18H31NO8. The summed E-state index contributed by atoms with van der Waals surface area (Å²) in [5.41, 5.74) is -1.60. The molecule has 1 atom stereocenters. The lowest BCUT2D eigenvalue weighted by Crippen LogP contribution is -2.46. The van der Waals surface area contributed by atoms with Gasteiger partial charge in [-0.25, -0.2) is 14.4 Å². The van der Waals surface area contributed by atoms with Gasteiger partial charge in [0.05, 0.1) is 13.0 Å². The highest BCUT2D eigenvalue weighted by molar-refractivity contribution is 5.91. The van der Waals surface area contributed by atoms with E-state index in [-0.39, 0.29) is 12.5 Å². The molecule has 0 aliphatic carbocycles. The standard InChI is InChI=1S/C18H31NO8/c1-11(2)10-24-16(23)25-14(21)12(9-13(20)26-17(3,4)5)19-15(22)27-18(6,7)8/h11-12H,9-10H2,1-8H3,(H,19,22)/t12-/m0/s1. The molecule has 9 nitrogen and oxygen atoms in total. The molecule has 0 saturated carbocycles. The summed E-state index contributed by atoms with van der Waals surface area (Å²) in [4.78, 5) is 47.7. The van der Waals surface area contributed by atoms with Crippen molar-refractivity contribution in [2.45, 2.75) is 79.1 Å². The van der Waals surface area contributed by atoms with Crippen molar-refractivity contribution >= 4 is 24.2 Å². The van der Waals surface area contributed by atoms with Crippen LogP contribution >= 0.6 is 0 Å². The summed E-state index contributed by atoms with van der Waals surface area (Å²) < 4.78 is 19.5. The largest absolute Gasteiger partial charge is 0.516 e. The highest BCUT2D eigenvalue weighted by Gasteiger charge is 2.31. The minimum Gasteiger partial charge on any atom is -0.460 e. The van der Waals surface area contributed by atoms with Gasteiger partial charge in [-0.2, -0.15) is 0 Å². The molecule has 0 aliphatic rings. The van der Waals surface area contributed by atoms with Crippen molar-refractivity contribution in [3.8, 4) is 0 Å². The number of nitrogens with one attached hydrogen (secondary N) is 1. The number of carbonyl (C=O) groups is 4. The van der Waals surface area contributed by atoms with Crippen LogP contribution in [0.25, 0.3) is 0 Å². The van der Waals surface area contributed by atoms with Crippen molar-refractivity contribution in [2.75, 3.05) is 6.61 Å². The first-order valence-corrected chi connectivity index (χ1v) is 8.69. The van der Waals surface area contributed by atoms with Gasteiger partial charge < -0.3 is 24.3 Å². The Labute approximate surface area is 160 Å². The van der Waals surface area contributed by atoms with Crippen LogP contribution in [0, 0.1) is 5.92 Å². The topological polar surface area (TPSA) is 117 Å². The fraction of sp³-hybridized carbons (Fsp3) is 0.778. The molecule has 0 bridgehead atoms. The molecule has 0 unspecified atom stereocenters. The SMILES string of the molecule is CC(C)COC(=O)OC(=O)[C@H](CC(=O)OC(C)(C)C)NC(=O)OC(C)(C)C. The molecule has 156 valence electrons. The zero-order valence-electron chi connectivity index (χ0n) is 17.3. The molecule has 9 heteroatoms. The third kappa shape index (κ3) is 13.5. The molecule has 0 aromatic heterocycles. The van der Waals surface area contributed by atoms with Crippen LogP contribution in [0.5, 0.6) is 0 Å². The zero-order valence-corrected chi connectivity index (χ0v) is 17.3. The lowest BCUT2D eigenvalue weighted by atomic mass is 10.1. The second kappa shape index (κ2) is 10.1. The van der Waals surface area contributed by atoms with E-state index in [4.69, 9.17) is 14.2 Å². The first kappa shape index (κ1) is 24.7. The lowest BCUT2D eigenvalue weighted by molar-refractivity contribution is -0.158. The number of ether oxygens (including phenoxy) is 4. The van der Waals surface area contributed by atoms with E-state index in [0.717, 1.165) is 0 Å². The van der Waals surface area contributed by atoms with Gasteiger partial charge in [0.15, 0.2) is 0 Å². The normalized spacial score (nSPS) is 12.8. The maximum absolute atomic E-state index is 12.2. The summed E-state index contributed by atoms with van der Waals surface area (Å²) in [5.74, 6) is -1.86. The quantitative estimate of drug-likeness (QED) is 0.418. The number of hydrogen-bond donors (Lipinski definition) is 1. The summed E-state index contributed by atoms with van der Waals surface area (Å²) in [5, 5.41) is 2.22. The average molecular weight is 389 g/mol. The summed E-state index contributed by atoms with van der Waals surface area (Å²) in [6, 6.07) is -1.47. The number of alkyl carbamates (subject to hydrolysis) is 1. The van der Waals surface area contributed by atoms with Gasteiger partial charge in [0.2, 0.25) is 0 Å². The summed E-state index contributed by atoms with van der Waals surface area (Å²) in [6.45, 7) is 13.6. The van der Waals surface area contributed by atoms with Gasteiger partial charge in [0.25, 0.3) is 0 Å². The average Bonchev–Trinajstić information content (AvgIpc) is 2.40. The van der Waals surface area contributed by atoms with E-state index in [9.17, 15) is 19.2 Å². The Morgan fingerprint density at radius 1 is 0.889 bits per heavy atom. The van der Waals surface area contributed by atoms with Crippen molar-refractivity contribution in [1.82, 2.24) is 5.32 Å². The molecule has 27 heavy (non-hydrogen) atoms. The van der Waals surface area contributed by atoms with Gasteiger partial charge in [0.1, 0.15) is 17.2 Å². The number of amides is 1. The number of rotatable bonds is 6. The van der Waals surface area contributed by atoms with Crippen molar-refractivity contribution in [3.05, 3.63) is 0 Å². The minimum atomic E-state index is -1.47. The van der Waals surface area contributed by atoms with E-state index >= 15 is 0 Å². The Morgan fingerprint density at radius 3 is 1.85 bits per heavy atom. The maximum atomic E-state index is 12.2. The highest BCUT2D eigenvalue weighted by atomic mass is 16.7. The highest BCUT2D eigenvalue weighted by Crippen LogP contribution is 2.12. The molecule has 0 spiro atoms. The van der Waals surface area contributed by atoms with E-state index in [1.54, 1.807) is 41.5 Å². The Bertz CT molecular complexity index is 513. The van der Waals surface area contributed by atoms with E-state index in [0.29, 0.717) is 0 Å². The first-order chi connectivity index (χ1) is 12.1. The van der Waals surface area contributed by atoms with Gasteiger partial charge >= 0.3 is 24.2 Å². The molecule has 0 aromatic rings. The second-order valence-electron chi connectivity index (χ2n) is 8.37.